The quantitative estimate of drug-likeness (QED) is 0.399. The molecule has 2 aromatic carbocycles. The van der Waals surface area contributed by atoms with E-state index in [9.17, 15) is 9.59 Å². The second kappa shape index (κ2) is 9.32. The number of rotatable bonds is 6. The van der Waals surface area contributed by atoms with E-state index in [2.05, 4.69) is 25.6 Å². The standard InChI is InChI=1S/C23H18ClN5O3/c1-32-17-4-2-3-14(11-17)22(30)28-15-5-7-19(24)18(12-15)23(31)29-16-6-8-20(27-13-16)21-25-9-10-26-21/h2-13H,1H3,(H,25,26)(H,28,30)(H,29,31). The summed E-state index contributed by atoms with van der Waals surface area (Å²) in [5.41, 5.74) is 2.21. The predicted octanol–water partition coefficient (Wildman–Crippen LogP) is 4.64. The van der Waals surface area contributed by atoms with Crippen molar-refractivity contribution in [3.05, 3.63) is 89.3 Å². The molecule has 3 N–H and O–H groups in total. The number of nitrogens with one attached hydrogen (secondary N) is 3. The molecule has 0 radical (unpaired) electrons. The highest BCUT2D eigenvalue weighted by Gasteiger charge is 2.14. The lowest BCUT2D eigenvalue weighted by molar-refractivity contribution is 0.101. The van der Waals surface area contributed by atoms with Crippen molar-refractivity contribution in [3.8, 4) is 17.3 Å². The van der Waals surface area contributed by atoms with Gasteiger partial charge in [0.2, 0.25) is 0 Å². The number of aromatic nitrogens is 3. The van der Waals surface area contributed by atoms with Gasteiger partial charge in [-0.3, -0.25) is 14.6 Å². The largest absolute Gasteiger partial charge is 0.497 e. The maximum atomic E-state index is 12.8. The van der Waals surface area contributed by atoms with Crippen LogP contribution < -0.4 is 15.4 Å². The molecule has 160 valence electrons. The van der Waals surface area contributed by atoms with Crippen LogP contribution in [0, 0.1) is 0 Å². The van der Waals surface area contributed by atoms with Gasteiger partial charge in [0, 0.05) is 23.6 Å². The zero-order chi connectivity index (χ0) is 22.5. The molecule has 0 bridgehead atoms. The highest BCUT2D eigenvalue weighted by molar-refractivity contribution is 6.34. The van der Waals surface area contributed by atoms with Crippen LogP contribution in [0.25, 0.3) is 11.5 Å². The van der Waals surface area contributed by atoms with Crippen molar-refractivity contribution in [1.82, 2.24) is 15.0 Å². The van der Waals surface area contributed by atoms with E-state index in [1.807, 2.05) is 0 Å². The summed E-state index contributed by atoms with van der Waals surface area (Å²) in [5, 5.41) is 5.77. The predicted molar refractivity (Wildman–Crippen MR) is 122 cm³/mol. The molecule has 0 aliphatic heterocycles. The monoisotopic (exact) mass is 447 g/mol. The van der Waals surface area contributed by atoms with Crippen LogP contribution in [0.3, 0.4) is 0 Å². The number of methoxy groups -OCH3 is 1. The van der Waals surface area contributed by atoms with Gasteiger partial charge in [-0.05, 0) is 48.5 Å². The highest BCUT2D eigenvalue weighted by atomic mass is 35.5. The molecule has 0 aliphatic carbocycles. The van der Waals surface area contributed by atoms with Crippen LogP contribution in [0.5, 0.6) is 5.75 Å². The van der Waals surface area contributed by atoms with Crippen molar-refractivity contribution in [2.24, 2.45) is 0 Å². The molecule has 4 aromatic rings. The third-order valence-corrected chi connectivity index (χ3v) is 4.89. The summed E-state index contributed by atoms with van der Waals surface area (Å²) >= 11 is 6.23. The number of pyridine rings is 1. The number of ether oxygens (including phenoxy) is 1. The van der Waals surface area contributed by atoms with Crippen molar-refractivity contribution in [2.45, 2.75) is 0 Å². The number of nitrogens with zero attached hydrogens (tertiary/aromatic N) is 2. The molecule has 8 nitrogen and oxygen atoms in total. The Balaban J connectivity index is 1.48. The molecular formula is C23H18ClN5O3. The molecule has 9 heteroatoms. The first-order valence-electron chi connectivity index (χ1n) is 9.55. The molecule has 0 saturated carbocycles. The fraction of sp³-hybridized carbons (Fsp3) is 0.0435. The van der Waals surface area contributed by atoms with Gasteiger partial charge in [0.05, 0.1) is 29.6 Å². The van der Waals surface area contributed by atoms with Crippen molar-refractivity contribution in [3.63, 3.8) is 0 Å². The van der Waals surface area contributed by atoms with Gasteiger partial charge in [0.25, 0.3) is 11.8 Å². The minimum Gasteiger partial charge on any atom is -0.497 e. The van der Waals surface area contributed by atoms with Crippen LogP contribution in [0.2, 0.25) is 5.02 Å². The van der Waals surface area contributed by atoms with E-state index in [4.69, 9.17) is 16.3 Å². The van der Waals surface area contributed by atoms with E-state index in [1.165, 1.54) is 19.4 Å². The third-order valence-electron chi connectivity index (χ3n) is 4.56. The molecule has 0 unspecified atom stereocenters. The van der Waals surface area contributed by atoms with Gasteiger partial charge in [0.1, 0.15) is 11.4 Å². The Morgan fingerprint density at radius 1 is 0.969 bits per heavy atom. The molecule has 0 spiro atoms. The van der Waals surface area contributed by atoms with Gasteiger partial charge in [-0.25, -0.2) is 4.98 Å². The number of amides is 2. The number of benzene rings is 2. The lowest BCUT2D eigenvalue weighted by Gasteiger charge is -2.11. The van der Waals surface area contributed by atoms with Gasteiger partial charge < -0.3 is 20.4 Å². The van der Waals surface area contributed by atoms with Crippen molar-refractivity contribution >= 4 is 34.8 Å². The fourth-order valence-corrected chi connectivity index (χ4v) is 3.16. The number of carbonyl (C=O) groups excluding carboxylic acids is 2. The van der Waals surface area contributed by atoms with E-state index < -0.39 is 5.91 Å². The normalized spacial score (nSPS) is 10.4. The number of H-pyrrole nitrogens is 1. The van der Waals surface area contributed by atoms with E-state index in [0.717, 1.165) is 0 Å². The number of hydrogen-bond acceptors (Lipinski definition) is 5. The van der Waals surface area contributed by atoms with Gasteiger partial charge in [-0.15, -0.1) is 0 Å². The molecule has 32 heavy (non-hydrogen) atoms. The zero-order valence-corrected chi connectivity index (χ0v) is 17.7. The summed E-state index contributed by atoms with van der Waals surface area (Å²) in [5.74, 6) is 0.432. The number of imidazole rings is 1. The van der Waals surface area contributed by atoms with Crippen molar-refractivity contribution in [1.29, 1.82) is 0 Å². The Hall–Kier alpha value is -4.17. The van der Waals surface area contributed by atoms with Crippen LogP contribution in [-0.4, -0.2) is 33.9 Å². The number of halogens is 1. The van der Waals surface area contributed by atoms with E-state index in [-0.39, 0.29) is 16.5 Å². The smallest absolute Gasteiger partial charge is 0.257 e. The third kappa shape index (κ3) is 4.76. The lowest BCUT2D eigenvalue weighted by Crippen LogP contribution is -2.15. The number of anilines is 2. The Morgan fingerprint density at radius 2 is 1.78 bits per heavy atom. The Morgan fingerprint density at radius 3 is 2.50 bits per heavy atom. The summed E-state index contributed by atoms with van der Waals surface area (Å²) in [6, 6.07) is 14.9. The number of carbonyl (C=O) groups is 2. The molecular weight excluding hydrogens is 430 g/mol. The zero-order valence-electron chi connectivity index (χ0n) is 16.9. The lowest BCUT2D eigenvalue weighted by atomic mass is 10.1. The van der Waals surface area contributed by atoms with Crippen LogP contribution in [0.1, 0.15) is 20.7 Å². The van der Waals surface area contributed by atoms with Gasteiger partial charge in [0.15, 0.2) is 5.82 Å². The minimum atomic E-state index is -0.431. The highest BCUT2D eigenvalue weighted by Crippen LogP contribution is 2.23. The van der Waals surface area contributed by atoms with Crippen LogP contribution >= 0.6 is 11.6 Å². The summed E-state index contributed by atoms with van der Waals surface area (Å²) in [6.07, 6.45) is 4.86. The van der Waals surface area contributed by atoms with E-state index in [0.29, 0.717) is 34.2 Å². The van der Waals surface area contributed by atoms with Gasteiger partial charge in [-0.2, -0.15) is 0 Å². The van der Waals surface area contributed by atoms with Gasteiger partial charge in [-0.1, -0.05) is 17.7 Å². The van der Waals surface area contributed by atoms with Crippen LogP contribution in [0.15, 0.2) is 73.2 Å². The minimum absolute atomic E-state index is 0.213. The summed E-state index contributed by atoms with van der Waals surface area (Å²) in [7, 11) is 1.53. The fourth-order valence-electron chi connectivity index (χ4n) is 2.96. The van der Waals surface area contributed by atoms with E-state index >= 15 is 0 Å². The molecule has 4 rings (SSSR count). The average molecular weight is 448 g/mol. The molecule has 0 atom stereocenters. The summed E-state index contributed by atoms with van der Waals surface area (Å²) in [4.78, 5) is 36.7. The Bertz CT molecular complexity index is 1260. The maximum absolute atomic E-state index is 12.8. The topological polar surface area (TPSA) is 109 Å². The molecule has 0 aliphatic rings. The first-order valence-corrected chi connectivity index (χ1v) is 9.93. The van der Waals surface area contributed by atoms with Crippen molar-refractivity contribution in [2.75, 3.05) is 17.7 Å². The summed E-state index contributed by atoms with van der Waals surface area (Å²) < 4.78 is 5.15. The second-order valence-electron chi connectivity index (χ2n) is 6.70. The molecule has 2 heterocycles. The molecule has 2 aromatic heterocycles. The van der Waals surface area contributed by atoms with Crippen LogP contribution in [-0.2, 0) is 0 Å². The first-order chi connectivity index (χ1) is 15.5. The molecule has 2 amide bonds. The number of aromatic amines is 1. The van der Waals surface area contributed by atoms with Crippen LogP contribution in [0.4, 0.5) is 11.4 Å². The Kier molecular flexibility index (Phi) is 6.14. The Labute approximate surface area is 188 Å². The average Bonchev–Trinajstić information content (AvgIpc) is 3.36. The van der Waals surface area contributed by atoms with Gasteiger partial charge >= 0.3 is 0 Å². The molecule has 0 saturated heterocycles. The first kappa shape index (κ1) is 21.1. The SMILES string of the molecule is COc1cccc(C(=O)Nc2ccc(Cl)c(C(=O)Nc3ccc(-c4ncc[nH]4)nc3)c2)c1. The maximum Gasteiger partial charge on any atom is 0.257 e. The summed E-state index contributed by atoms with van der Waals surface area (Å²) in [6.45, 7) is 0. The van der Waals surface area contributed by atoms with E-state index in [1.54, 1.807) is 60.9 Å². The van der Waals surface area contributed by atoms with Crippen molar-refractivity contribution < 1.29 is 14.3 Å². The number of hydrogen-bond donors (Lipinski definition) is 3. The second-order valence-corrected chi connectivity index (χ2v) is 7.11. The molecule has 0 fully saturated rings.